The quantitative estimate of drug-likeness (QED) is 0.221. The minimum atomic E-state index is 0.101. The number of carbonyl (C=O) groups excluding carboxylic acids is 1. The lowest BCUT2D eigenvalue weighted by molar-refractivity contribution is -0.130. The summed E-state index contributed by atoms with van der Waals surface area (Å²) in [6, 6.07) is 11.2. The first-order valence-electron chi connectivity index (χ1n) is 15.7. The Kier molecular flexibility index (Phi) is 9.40. The smallest absolute Gasteiger partial charge is 0.219 e. The largest absolute Gasteiger partial charge is 0.338 e. The van der Waals surface area contributed by atoms with Gasteiger partial charge in [-0.2, -0.15) is 0 Å². The van der Waals surface area contributed by atoms with Gasteiger partial charge in [0, 0.05) is 88.3 Å². The van der Waals surface area contributed by atoms with Crippen molar-refractivity contribution >= 4 is 17.2 Å². The van der Waals surface area contributed by atoms with Crippen LogP contribution in [-0.4, -0.2) is 72.4 Å². The van der Waals surface area contributed by atoms with Crippen molar-refractivity contribution in [3.8, 4) is 0 Å². The highest BCUT2D eigenvalue weighted by molar-refractivity contribution is 7.10. The molecule has 0 unspecified atom stereocenters. The van der Waals surface area contributed by atoms with E-state index < -0.39 is 0 Å². The molecule has 5 heterocycles. The van der Waals surface area contributed by atoms with E-state index in [1.165, 1.54) is 67.0 Å². The number of likely N-dealkylation sites (tertiary alicyclic amines) is 2. The predicted molar refractivity (Wildman–Crippen MR) is 171 cm³/mol. The summed E-state index contributed by atoms with van der Waals surface area (Å²) in [7, 11) is 0. The van der Waals surface area contributed by atoms with Crippen molar-refractivity contribution in [3.63, 3.8) is 0 Å². The highest BCUT2D eigenvalue weighted by Crippen LogP contribution is 2.41. The zero-order valence-electron chi connectivity index (χ0n) is 25.6. The van der Waals surface area contributed by atoms with Crippen molar-refractivity contribution in [2.45, 2.75) is 65.8 Å². The fraction of sp³-hybridized carbons (Fsp3) is 0.500. The van der Waals surface area contributed by atoms with Gasteiger partial charge >= 0.3 is 0 Å². The van der Waals surface area contributed by atoms with E-state index in [1.807, 2.05) is 41.3 Å². The molecular formula is C34H45N7OS. The number of hydrogen-bond acceptors (Lipinski definition) is 6. The van der Waals surface area contributed by atoms with Gasteiger partial charge in [-0.3, -0.25) is 14.6 Å². The molecule has 2 saturated heterocycles. The number of rotatable bonds is 12. The second-order valence-electron chi connectivity index (χ2n) is 12.9. The molecule has 0 N–H and O–H groups in total. The maximum absolute atomic E-state index is 12.7. The summed E-state index contributed by atoms with van der Waals surface area (Å²) in [6.07, 6.45) is 15.2. The number of thiophene rings is 1. The summed E-state index contributed by atoms with van der Waals surface area (Å²) >= 11 is 1.90. The molecule has 1 amide bonds. The van der Waals surface area contributed by atoms with Gasteiger partial charge in [0.15, 0.2) is 0 Å². The van der Waals surface area contributed by atoms with E-state index in [0.29, 0.717) is 18.5 Å². The molecule has 3 aromatic heterocycles. The molecule has 1 spiro atoms. The van der Waals surface area contributed by atoms with Crippen molar-refractivity contribution in [1.29, 1.82) is 0 Å². The Balaban J connectivity index is 1.00. The van der Waals surface area contributed by atoms with Crippen LogP contribution in [0.15, 0.2) is 73.2 Å². The van der Waals surface area contributed by atoms with Crippen molar-refractivity contribution in [2.24, 2.45) is 11.3 Å². The summed E-state index contributed by atoms with van der Waals surface area (Å²) in [5.74, 6) is 0.338. The number of piperidine rings is 1. The van der Waals surface area contributed by atoms with Gasteiger partial charge in [-0.15, -0.1) is 11.3 Å². The first-order valence-corrected chi connectivity index (χ1v) is 16.5. The lowest BCUT2D eigenvalue weighted by Crippen LogP contribution is -2.41. The van der Waals surface area contributed by atoms with Gasteiger partial charge in [0.2, 0.25) is 5.91 Å². The zero-order chi connectivity index (χ0) is 29.6. The van der Waals surface area contributed by atoms with Crippen LogP contribution in [0, 0.1) is 18.3 Å². The average molecular weight is 600 g/mol. The third-order valence-electron chi connectivity index (χ3n) is 9.55. The number of amides is 1. The van der Waals surface area contributed by atoms with Gasteiger partial charge in [-0.25, -0.2) is 9.97 Å². The lowest BCUT2D eigenvalue weighted by atomic mass is 9.78. The van der Waals surface area contributed by atoms with E-state index >= 15 is 0 Å². The summed E-state index contributed by atoms with van der Waals surface area (Å²) < 4.78 is 4.18. The number of aryl methyl sites for hydroxylation is 1. The second-order valence-corrected chi connectivity index (χ2v) is 13.9. The molecule has 2 aliphatic heterocycles. The van der Waals surface area contributed by atoms with E-state index in [-0.39, 0.29) is 11.8 Å². The maximum Gasteiger partial charge on any atom is 0.219 e. The van der Waals surface area contributed by atoms with Crippen LogP contribution in [0.25, 0.3) is 0 Å². The number of nitrogens with zero attached hydrogens (tertiary/aromatic N) is 7. The van der Waals surface area contributed by atoms with Gasteiger partial charge in [0.1, 0.15) is 0 Å². The molecule has 1 aromatic carbocycles. The van der Waals surface area contributed by atoms with Crippen LogP contribution in [0.4, 0.5) is 0 Å². The van der Waals surface area contributed by atoms with Crippen LogP contribution >= 0.6 is 11.3 Å². The Morgan fingerprint density at radius 1 is 0.907 bits per heavy atom. The van der Waals surface area contributed by atoms with Crippen LogP contribution in [0.3, 0.4) is 0 Å². The Hall–Kier alpha value is -3.27. The first-order chi connectivity index (χ1) is 20.9. The number of hydrogen-bond donors (Lipinski definition) is 0. The SMILES string of the molecule is CC(=O)N(Cc1ccc(CN2CCC3(CCN(Cc4sccc4C)CC3)C2)cc1)CC(Cn1ccnc1)Cn1ccnc1. The minimum Gasteiger partial charge on any atom is -0.338 e. The number of benzene rings is 1. The predicted octanol–water partition coefficient (Wildman–Crippen LogP) is 5.30. The van der Waals surface area contributed by atoms with Crippen molar-refractivity contribution in [2.75, 3.05) is 32.7 Å². The number of carbonyl (C=O) groups is 1. The molecule has 4 aromatic rings. The Labute approximate surface area is 260 Å². The summed E-state index contributed by atoms with van der Waals surface area (Å²) in [4.78, 5) is 30.0. The highest BCUT2D eigenvalue weighted by atomic mass is 32.1. The van der Waals surface area contributed by atoms with Crippen molar-refractivity contribution < 1.29 is 4.79 Å². The highest BCUT2D eigenvalue weighted by Gasteiger charge is 2.40. The summed E-state index contributed by atoms with van der Waals surface area (Å²) in [5, 5.41) is 2.22. The zero-order valence-corrected chi connectivity index (χ0v) is 26.5. The summed E-state index contributed by atoms with van der Waals surface area (Å²) in [5.41, 5.74) is 4.47. The average Bonchev–Trinajstić information content (AvgIpc) is 3.82. The van der Waals surface area contributed by atoms with Crippen LogP contribution in [-0.2, 0) is 37.5 Å². The molecule has 0 aliphatic carbocycles. The lowest BCUT2D eigenvalue weighted by Gasteiger charge is -2.39. The molecule has 9 heteroatoms. The Morgan fingerprint density at radius 3 is 2.09 bits per heavy atom. The molecule has 2 aliphatic rings. The monoisotopic (exact) mass is 599 g/mol. The second kappa shape index (κ2) is 13.6. The molecule has 6 rings (SSSR count). The normalized spacial score (nSPS) is 17.3. The van der Waals surface area contributed by atoms with Gasteiger partial charge in [-0.05, 0) is 79.4 Å². The van der Waals surface area contributed by atoms with E-state index in [9.17, 15) is 4.79 Å². The molecule has 2 fully saturated rings. The standard InChI is InChI=1S/C34H45N7OS/c1-28-7-18-43-33(28)24-37-13-8-34(9-14-37)10-15-38(25-34)19-30-3-5-31(6-4-30)22-41(29(2)42)23-32(20-39-16-11-35-26-39)21-40-17-12-36-27-40/h3-7,11-12,16-18,26-27,32H,8-10,13-15,19-25H2,1-2H3. The van der Waals surface area contributed by atoms with Gasteiger partial charge in [0.25, 0.3) is 0 Å². The Bertz CT molecular complexity index is 1390. The third-order valence-corrected chi connectivity index (χ3v) is 10.6. The maximum atomic E-state index is 12.7. The number of imidazole rings is 2. The van der Waals surface area contributed by atoms with E-state index in [1.54, 1.807) is 19.3 Å². The van der Waals surface area contributed by atoms with E-state index in [2.05, 4.69) is 71.5 Å². The molecule has 43 heavy (non-hydrogen) atoms. The van der Waals surface area contributed by atoms with Gasteiger partial charge in [0.05, 0.1) is 12.7 Å². The van der Waals surface area contributed by atoms with Crippen LogP contribution in [0.2, 0.25) is 0 Å². The molecule has 0 saturated carbocycles. The van der Waals surface area contributed by atoms with E-state index in [4.69, 9.17) is 0 Å². The summed E-state index contributed by atoms with van der Waals surface area (Å²) in [6.45, 7) is 13.8. The molecule has 8 nitrogen and oxygen atoms in total. The molecule has 0 atom stereocenters. The van der Waals surface area contributed by atoms with Crippen molar-refractivity contribution in [1.82, 2.24) is 33.8 Å². The Morgan fingerprint density at radius 2 is 1.53 bits per heavy atom. The number of aromatic nitrogens is 4. The van der Waals surface area contributed by atoms with Gasteiger partial charge in [-0.1, -0.05) is 24.3 Å². The first kappa shape index (κ1) is 29.8. The fourth-order valence-corrected chi connectivity index (χ4v) is 7.88. The minimum absolute atomic E-state index is 0.101. The molecule has 0 radical (unpaired) electrons. The van der Waals surface area contributed by atoms with Gasteiger partial charge < -0.3 is 14.0 Å². The fourth-order valence-electron chi connectivity index (χ4n) is 6.93. The molecule has 0 bridgehead atoms. The molecule has 228 valence electrons. The van der Waals surface area contributed by atoms with Crippen molar-refractivity contribution in [3.05, 3.63) is 94.7 Å². The molecular weight excluding hydrogens is 554 g/mol. The third kappa shape index (κ3) is 7.82. The topological polar surface area (TPSA) is 62.4 Å². The van der Waals surface area contributed by atoms with Crippen LogP contribution in [0.1, 0.15) is 47.8 Å². The van der Waals surface area contributed by atoms with Crippen LogP contribution in [0.5, 0.6) is 0 Å². The van der Waals surface area contributed by atoms with E-state index in [0.717, 1.165) is 26.2 Å². The van der Waals surface area contributed by atoms with Crippen LogP contribution < -0.4 is 0 Å².